The number of benzene rings is 2. The molecule has 0 aliphatic heterocycles. The number of carbonyl (C=O) groups excluding carboxylic acids is 1. The van der Waals surface area contributed by atoms with Crippen LogP contribution in [0.5, 0.6) is 0 Å². The molecule has 1 N–H and O–H groups in total. The van der Waals surface area contributed by atoms with Gasteiger partial charge in [0.05, 0.1) is 0 Å². The second kappa shape index (κ2) is 7.52. The molecule has 1 unspecified atom stereocenters. The van der Waals surface area contributed by atoms with E-state index in [1.165, 1.54) is 24.0 Å². The lowest BCUT2D eigenvalue weighted by Gasteiger charge is -2.27. The first kappa shape index (κ1) is 16.6. The minimum absolute atomic E-state index is 0.131. The Balaban J connectivity index is 1.88. The molecular weight excluding hydrogens is 296 g/mol. The maximum Gasteiger partial charge on any atom is 0.249 e. The summed E-state index contributed by atoms with van der Waals surface area (Å²) in [5.41, 5.74) is 4.91. The van der Waals surface area contributed by atoms with Crippen LogP contribution in [0.3, 0.4) is 0 Å². The van der Waals surface area contributed by atoms with Crippen LogP contribution in [0.15, 0.2) is 48.5 Å². The molecule has 0 bridgehead atoms. The van der Waals surface area contributed by atoms with Crippen LogP contribution in [0, 0.1) is 0 Å². The van der Waals surface area contributed by atoms with Crippen LogP contribution in [0.25, 0.3) is 0 Å². The highest BCUT2D eigenvalue weighted by Crippen LogP contribution is 2.28. The molecule has 1 atom stereocenters. The first-order valence-electron chi connectivity index (χ1n) is 8.95. The molecule has 2 aromatic rings. The SMILES string of the molecule is CCN(CC)C(=O)C(Nc1ccc2c(c1)CCC2)c1ccccc1. The van der Waals surface area contributed by atoms with Crippen LogP contribution in [0.2, 0.25) is 0 Å². The second-order valence-corrected chi connectivity index (χ2v) is 6.34. The first-order chi connectivity index (χ1) is 11.7. The van der Waals surface area contributed by atoms with Crippen LogP contribution in [0.4, 0.5) is 5.69 Å². The molecule has 2 aromatic carbocycles. The van der Waals surface area contributed by atoms with Gasteiger partial charge in [-0.3, -0.25) is 4.79 Å². The van der Waals surface area contributed by atoms with Gasteiger partial charge in [0.1, 0.15) is 6.04 Å². The van der Waals surface area contributed by atoms with Crippen molar-refractivity contribution < 1.29 is 4.79 Å². The molecule has 1 aliphatic carbocycles. The molecule has 0 spiro atoms. The molecule has 0 fully saturated rings. The summed E-state index contributed by atoms with van der Waals surface area (Å²) < 4.78 is 0. The van der Waals surface area contributed by atoms with Crippen LogP contribution in [-0.4, -0.2) is 23.9 Å². The number of hydrogen-bond acceptors (Lipinski definition) is 2. The van der Waals surface area contributed by atoms with Crippen molar-refractivity contribution in [3.8, 4) is 0 Å². The summed E-state index contributed by atoms with van der Waals surface area (Å²) >= 11 is 0. The third-order valence-corrected chi connectivity index (χ3v) is 4.86. The molecule has 0 aromatic heterocycles. The summed E-state index contributed by atoms with van der Waals surface area (Å²) in [6.45, 7) is 5.51. The summed E-state index contributed by atoms with van der Waals surface area (Å²) in [7, 11) is 0. The van der Waals surface area contributed by atoms with Gasteiger partial charge in [0, 0.05) is 18.8 Å². The Kier molecular flexibility index (Phi) is 5.19. The lowest BCUT2D eigenvalue weighted by atomic mass is 10.0. The van der Waals surface area contributed by atoms with Gasteiger partial charge in [0.25, 0.3) is 0 Å². The highest BCUT2D eigenvalue weighted by molar-refractivity contribution is 5.86. The van der Waals surface area contributed by atoms with Gasteiger partial charge in [-0.25, -0.2) is 0 Å². The van der Waals surface area contributed by atoms with Crippen molar-refractivity contribution in [3.05, 3.63) is 65.2 Å². The van der Waals surface area contributed by atoms with Crippen molar-refractivity contribution in [2.75, 3.05) is 18.4 Å². The molecule has 0 radical (unpaired) electrons. The van der Waals surface area contributed by atoms with Gasteiger partial charge >= 0.3 is 0 Å². The summed E-state index contributed by atoms with van der Waals surface area (Å²) in [5, 5.41) is 3.48. The van der Waals surface area contributed by atoms with Crippen LogP contribution in [0.1, 0.15) is 43.0 Å². The molecule has 126 valence electrons. The summed E-state index contributed by atoms with van der Waals surface area (Å²) in [6, 6.07) is 16.2. The first-order valence-corrected chi connectivity index (χ1v) is 8.95. The van der Waals surface area contributed by atoms with E-state index in [9.17, 15) is 4.79 Å². The van der Waals surface area contributed by atoms with Gasteiger partial charge < -0.3 is 10.2 Å². The molecule has 0 heterocycles. The number of amides is 1. The smallest absolute Gasteiger partial charge is 0.249 e. The van der Waals surface area contributed by atoms with E-state index in [0.29, 0.717) is 0 Å². The van der Waals surface area contributed by atoms with Gasteiger partial charge in [0.2, 0.25) is 5.91 Å². The number of likely N-dealkylation sites (N-methyl/N-ethyl adjacent to an activating group) is 1. The molecule has 1 amide bonds. The molecule has 24 heavy (non-hydrogen) atoms. The zero-order valence-electron chi connectivity index (χ0n) is 14.6. The van der Waals surface area contributed by atoms with Crippen molar-refractivity contribution in [1.29, 1.82) is 0 Å². The van der Waals surface area contributed by atoms with E-state index in [-0.39, 0.29) is 11.9 Å². The van der Waals surface area contributed by atoms with Gasteiger partial charge in [0.15, 0.2) is 0 Å². The number of nitrogens with zero attached hydrogens (tertiary/aromatic N) is 1. The maximum absolute atomic E-state index is 13.0. The van der Waals surface area contributed by atoms with Gasteiger partial charge in [-0.05, 0) is 61.9 Å². The van der Waals surface area contributed by atoms with E-state index >= 15 is 0 Å². The third kappa shape index (κ3) is 3.45. The van der Waals surface area contributed by atoms with Crippen molar-refractivity contribution in [2.45, 2.75) is 39.2 Å². The van der Waals surface area contributed by atoms with Crippen molar-refractivity contribution in [3.63, 3.8) is 0 Å². The van der Waals surface area contributed by atoms with Gasteiger partial charge in [-0.1, -0.05) is 36.4 Å². The molecule has 0 saturated carbocycles. The van der Waals surface area contributed by atoms with Crippen LogP contribution >= 0.6 is 0 Å². The number of fused-ring (bicyclic) bond motifs is 1. The predicted octanol–water partition coefficient (Wildman–Crippen LogP) is 4.20. The molecular formula is C21H26N2O. The fourth-order valence-electron chi connectivity index (χ4n) is 3.48. The molecule has 3 rings (SSSR count). The average molecular weight is 322 g/mol. The minimum atomic E-state index is -0.342. The normalized spacial score (nSPS) is 14.1. The number of aryl methyl sites for hydroxylation is 2. The van der Waals surface area contributed by atoms with Crippen molar-refractivity contribution in [1.82, 2.24) is 4.90 Å². The molecule has 3 nitrogen and oxygen atoms in total. The van der Waals surface area contributed by atoms with Gasteiger partial charge in [-0.15, -0.1) is 0 Å². The molecule has 3 heteroatoms. The van der Waals surface area contributed by atoms with Crippen molar-refractivity contribution in [2.24, 2.45) is 0 Å². The Morgan fingerprint density at radius 3 is 2.46 bits per heavy atom. The lowest BCUT2D eigenvalue weighted by molar-refractivity contribution is -0.131. The van der Waals surface area contributed by atoms with Crippen LogP contribution in [-0.2, 0) is 17.6 Å². The standard InChI is InChI=1S/C21H26N2O/c1-3-23(4-2)21(24)20(17-9-6-5-7-10-17)22-19-14-13-16-11-8-12-18(16)15-19/h5-7,9-10,13-15,20,22H,3-4,8,11-12H2,1-2H3. The zero-order chi connectivity index (χ0) is 16.9. The number of hydrogen-bond donors (Lipinski definition) is 1. The van der Waals surface area contributed by atoms with E-state index < -0.39 is 0 Å². The zero-order valence-corrected chi connectivity index (χ0v) is 14.6. The third-order valence-electron chi connectivity index (χ3n) is 4.86. The summed E-state index contributed by atoms with van der Waals surface area (Å²) in [6.07, 6.45) is 3.56. The monoisotopic (exact) mass is 322 g/mol. The highest BCUT2D eigenvalue weighted by Gasteiger charge is 2.24. The van der Waals surface area contributed by atoms with E-state index in [1.807, 2.05) is 49.1 Å². The lowest BCUT2D eigenvalue weighted by Crippen LogP contribution is -2.37. The largest absolute Gasteiger partial charge is 0.370 e. The number of anilines is 1. The highest BCUT2D eigenvalue weighted by atomic mass is 16.2. The topological polar surface area (TPSA) is 32.3 Å². The number of carbonyl (C=O) groups is 1. The van der Waals surface area contributed by atoms with E-state index in [4.69, 9.17) is 0 Å². The van der Waals surface area contributed by atoms with Gasteiger partial charge in [-0.2, -0.15) is 0 Å². The van der Waals surface area contributed by atoms with Crippen molar-refractivity contribution >= 4 is 11.6 Å². The Hall–Kier alpha value is -2.29. The predicted molar refractivity (Wildman–Crippen MR) is 99.2 cm³/mol. The average Bonchev–Trinajstić information content (AvgIpc) is 3.09. The molecule has 0 saturated heterocycles. The Labute approximate surface area is 144 Å². The Morgan fingerprint density at radius 1 is 1.04 bits per heavy atom. The minimum Gasteiger partial charge on any atom is -0.370 e. The quantitative estimate of drug-likeness (QED) is 0.864. The van der Waals surface area contributed by atoms with E-state index in [1.54, 1.807) is 0 Å². The molecule has 1 aliphatic rings. The van der Waals surface area contributed by atoms with E-state index in [0.717, 1.165) is 30.8 Å². The second-order valence-electron chi connectivity index (χ2n) is 6.34. The Morgan fingerprint density at radius 2 is 1.75 bits per heavy atom. The van der Waals surface area contributed by atoms with E-state index in [2.05, 4.69) is 23.5 Å². The number of rotatable bonds is 6. The maximum atomic E-state index is 13.0. The fourth-order valence-corrected chi connectivity index (χ4v) is 3.48. The fraction of sp³-hybridized carbons (Fsp3) is 0.381. The summed E-state index contributed by atoms with van der Waals surface area (Å²) in [4.78, 5) is 14.9. The number of nitrogens with one attached hydrogen (secondary N) is 1. The Bertz CT molecular complexity index is 692. The van der Waals surface area contributed by atoms with Crippen LogP contribution < -0.4 is 5.32 Å². The summed E-state index contributed by atoms with van der Waals surface area (Å²) in [5.74, 6) is 0.131.